The third-order valence-electron chi connectivity index (χ3n) is 3.68. The lowest BCUT2D eigenvalue weighted by Gasteiger charge is -2.31. The predicted molar refractivity (Wildman–Crippen MR) is 83.6 cm³/mol. The van der Waals surface area contributed by atoms with Crippen molar-refractivity contribution in [2.45, 2.75) is 12.2 Å². The van der Waals surface area contributed by atoms with Gasteiger partial charge >= 0.3 is 0 Å². The van der Waals surface area contributed by atoms with E-state index in [1.807, 2.05) is 48.5 Å². The average Bonchev–Trinajstić information content (AvgIpc) is 2.61. The van der Waals surface area contributed by atoms with E-state index in [-0.39, 0.29) is 12.2 Å². The lowest BCUT2D eigenvalue weighted by atomic mass is 10.0. The molecule has 0 aliphatic carbocycles. The zero-order chi connectivity index (χ0) is 15.2. The molecule has 0 saturated carbocycles. The molecule has 0 spiro atoms. The van der Waals surface area contributed by atoms with Gasteiger partial charge < -0.3 is 14.8 Å². The molecule has 112 valence electrons. The largest absolute Gasteiger partial charge is 0.482 e. The van der Waals surface area contributed by atoms with Crippen LogP contribution in [0.3, 0.4) is 0 Å². The van der Waals surface area contributed by atoms with E-state index >= 15 is 0 Å². The Morgan fingerprint density at radius 3 is 2.64 bits per heavy atom. The summed E-state index contributed by atoms with van der Waals surface area (Å²) in [6.07, 6.45) is -0.327. The van der Waals surface area contributed by atoms with Crippen molar-refractivity contribution in [3.8, 4) is 11.8 Å². The van der Waals surface area contributed by atoms with E-state index in [4.69, 9.17) is 9.47 Å². The maximum absolute atomic E-state index is 9.24. The third kappa shape index (κ3) is 3.28. The summed E-state index contributed by atoms with van der Waals surface area (Å²) in [6.45, 7) is 2.25. The van der Waals surface area contributed by atoms with Crippen molar-refractivity contribution in [2.75, 3.05) is 19.7 Å². The van der Waals surface area contributed by atoms with Crippen LogP contribution in [-0.2, 0) is 4.74 Å². The second-order valence-electron chi connectivity index (χ2n) is 5.17. The molecule has 1 fully saturated rings. The summed E-state index contributed by atoms with van der Waals surface area (Å²) in [6, 6.07) is 19.5. The van der Waals surface area contributed by atoms with Gasteiger partial charge in [-0.05, 0) is 17.7 Å². The maximum atomic E-state index is 9.24. The standard InChI is InChI=1S/C18H18N2O2/c19-12-15-8-4-5-9-16(15)22-18(14-6-2-1-3-7-14)17-13-20-10-11-21-17/h1-9,17-18,20H,10-11,13H2/t17-,18-/m0/s1. The van der Waals surface area contributed by atoms with E-state index < -0.39 is 0 Å². The highest BCUT2D eigenvalue weighted by atomic mass is 16.5. The number of morpholine rings is 1. The number of ether oxygens (including phenoxy) is 2. The predicted octanol–water partition coefficient (Wildman–Crippen LogP) is 2.67. The van der Waals surface area contributed by atoms with Crippen molar-refractivity contribution in [2.24, 2.45) is 0 Å². The van der Waals surface area contributed by atoms with Crippen LogP contribution >= 0.6 is 0 Å². The summed E-state index contributed by atoms with van der Waals surface area (Å²) in [4.78, 5) is 0. The number of nitrogens with one attached hydrogen (secondary N) is 1. The number of nitrogens with zero attached hydrogens (tertiary/aromatic N) is 1. The third-order valence-corrected chi connectivity index (χ3v) is 3.68. The normalized spacial score (nSPS) is 19.1. The van der Waals surface area contributed by atoms with Gasteiger partial charge in [0.25, 0.3) is 0 Å². The molecular weight excluding hydrogens is 276 g/mol. The number of rotatable bonds is 4. The quantitative estimate of drug-likeness (QED) is 0.942. The van der Waals surface area contributed by atoms with Crippen LogP contribution in [-0.4, -0.2) is 25.8 Å². The Labute approximate surface area is 130 Å². The van der Waals surface area contributed by atoms with Crippen LogP contribution in [0.15, 0.2) is 54.6 Å². The molecule has 0 radical (unpaired) electrons. The fourth-order valence-electron chi connectivity index (χ4n) is 2.58. The van der Waals surface area contributed by atoms with Crippen LogP contribution in [0.1, 0.15) is 17.2 Å². The minimum absolute atomic E-state index is 0.0806. The van der Waals surface area contributed by atoms with Gasteiger partial charge in [-0.1, -0.05) is 42.5 Å². The first-order valence-electron chi connectivity index (χ1n) is 7.41. The summed E-state index contributed by atoms with van der Waals surface area (Å²) < 4.78 is 12.0. The van der Waals surface area contributed by atoms with Crippen molar-refractivity contribution in [3.05, 3.63) is 65.7 Å². The minimum atomic E-state index is -0.247. The monoisotopic (exact) mass is 294 g/mol. The number of benzene rings is 2. The lowest BCUT2D eigenvalue weighted by Crippen LogP contribution is -2.43. The summed E-state index contributed by atoms with van der Waals surface area (Å²) in [5.74, 6) is 0.591. The Kier molecular flexibility index (Phi) is 4.69. The maximum Gasteiger partial charge on any atom is 0.151 e. The first-order valence-corrected chi connectivity index (χ1v) is 7.41. The van der Waals surface area contributed by atoms with Crippen LogP contribution in [0, 0.1) is 11.3 Å². The zero-order valence-corrected chi connectivity index (χ0v) is 12.2. The van der Waals surface area contributed by atoms with E-state index in [1.54, 1.807) is 6.07 Å². The van der Waals surface area contributed by atoms with Crippen LogP contribution < -0.4 is 10.1 Å². The summed E-state index contributed by atoms with van der Waals surface area (Å²) in [7, 11) is 0. The van der Waals surface area contributed by atoms with Gasteiger partial charge in [0.15, 0.2) is 6.10 Å². The zero-order valence-electron chi connectivity index (χ0n) is 12.2. The Hall–Kier alpha value is -2.35. The number of hydrogen-bond acceptors (Lipinski definition) is 4. The number of para-hydroxylation sites is 1. The molecule has 1 aliphatic rings. The summed E-state index contributed by atoms with van der Waals surface area (Å²) in [5.41, 5.74) is 1.58. The molecule has 22 heavy (non-hydrogen) atoms. The van der Waals surface area contributed by atoms with Gasteiger partial charge in [-0.3, -0.25) is 0 Å². The van der Waals surface area contributed by atoms with Gasteiger partial charge in [0.05, 0.1) is 12.2 Å². The molecule has 1 aliphatic heterocycles. The first kappa shape index (κ1) is 14.6. The van der Waals surface area contributed by atoms with E-state index in [9.17, 15) is 5.26 Å². The molecule has 0 unspecified atom stereocenters. The molecule has 1 N–H and O–H groups in total. The molecule has 0 amide bonds. The molecule has 1 saturated heterocycles. The van der Waals surface area contributed by atoms with Crippen molar-refractivity contribution in [3.63, 3.8) is 0 Å². The Balaban J connectivity index is 1.90. The fraction of sp³-hybridized carbons (Fsp3) is 0.278. The lowest BCUT2D eigenvalue weighted by molar-refractivity contribution is -0.0433. The SMILES string of the molecule is N#Cc1ccccc1O[C@@H](c1ccccc1)[C@@H]1CNCCO1. The topological polar surface area (TPSA) is 54.3 Å². The molecule has 2 aromatic carbocycles. The molecule has 2 aromatic rings. The molecule has 4 nitrogen and oxygen atoms in total. The van der Waals surface area contributed by atoms with Crippen molar-refractivity contribution in [1.29, 1.82) is 5.26 Å². The summed E-state index contributed by atoms with van der Waals surface area (Å²) in [5, 5.41) is 12.6. The molecule has 1 heterocycles. The molecule has 0 bridgehead atoms. The van der Waals surface area contributed by atoms with Gasteiger partial charge in [-0.15, -0.1) is 0 Å². The number of hydrogen-bond donors (Lipinski definition) is 1. The highest BCUT2D eigenvalue weighted by molar-refractivity contribution is 5.43. The Bertz CT molecular complexity index is 646. The van der Waals surface area contributed by atoms with Crippen LogP contribution in [0.5, 0.6) is 5.75 Å². The van der Waals surface area contributed by atoms with Gasteiger partial charge in [-0.2, -0.15) is 5.26 Å². The van der Waals surface area contributed by atoms with E-state index in [2.05, 4.69) is 11.4 Å². The minimum Gasteiger partial charge on any atom is -0.482 e. The second kappa shape index (κ2) is 7.08. The molecule has 0 aromatic heterocycles. The number of nitriles is 1. The van der Waals surface area contributed by atoms with Crippen molar-refractivity contribution in [1.82, 2.24) is 5.32 Å². The van der Waals surface area contributed by atoms with E-state index in [0.29, 0.717) is 17.9 Å². The van der Waals surface area contributed by atoms with Gasteiger partial charge in [0, 0.05) is 13.1 Å². The van der Waals surface area contributed by atoms with Crippen LogP contribution in [0.2, 0.25) is 0 Å². The van der Waals surface area contributed by atoms with Crippen molar-refractivity contribution < 1.29 is 9.47 Å². The smallest absolute Gasteiger partial charge is 0.151 e. The fourth-order valence-corrected chi connectivity index (χ4v) is 2.58. The van der Waals surface area contributed by atoms with Crippen molar-refractivity contribution >= 4 is 0 Å². The van der Waals surface area contributed by atoms with Gasteiger partial charge in [0.1, 0.15) is 17.9 Å². The Morgan fingerprint density at radius 2 is 1.91 bits per heavy atom. The van der Waals surface area contributed by atoms with Crippen LogP contribution in [0.4, 0.5) is 0 Å². The Morgan fingerprint density at radius 1 is 1.14 bits per heavy atom. The molecular formula is C18H18N2O2. The van der Waals surface area contributed by atoms with Gasteiger partial charge in [-0.25, -0.2) is 0 Å². The second-order valence-corrected chi connectivity index (χ2v) is 5.17. The highest BCUT2D eigenvalue weighted by Crippen LogP contribution is 2.29. The average molecular weight is 294 g/mol. The molecule has 3 rings (SSSR count). The molecule has 2 atom stereocenters. The molecule has 4 heteroatoms. The summed E-state index contributed by atoms with van der Waals surface area (Å²) >= 11 is 0. The van der Waals surface area contributed by atoms with E-state index in [1.165, 1.54) is 0 Å². The van der Waals surface area contributed by atoms with Crippen LogP contribution in [0.25, 0.3) is 0 Å². The highest BCUT2D eigenvalue weighted by Gasteiger charge is 2.28. The van der Waals surface area contributed by atoms with Gasteiger partial charge in [0.2, 0.25) is 0 Å². The first-order chi connectivity index (χ1) is 10.9. The van der Waals surface area contributed by atoms with E-state index in [0.717, 1.165) is 18.7 Å².